The molecule has 204 valence electrons. The summed E-state index contributed by atoms with van der Waals surface area (Å²) < 4.78 is 41.2. The number of benzene rings is 2. The van der Waals surface area contributed by atoms with Crippen LogP contribution >= 0.6 is 0 Å². The van der Waals surface area contributed by atoms with Crippen LogP contribution < -0.4 is 14.8 Å². The normalized spacial score (nSPS) is 11.7. The second-order valence-corrected chi connectivity index (χ2v) is 10.8. The first-order valence-electron chi connectivity index (χ1n) is 12.8. The fourth-order valence-corrected chi connectivity index (χ4v) is 4.60. The van der Waals surface area contributed by atoms with Crippen molar-refractivity contribution in [2.24, 2.45) is 0 Å². The molecule has 0 atom stereocenters. The number of unbranched alkanes of at least 4 members (excludes halogenated alkanes) is 2. The molecule has 0 aliphatic heterocycles. The summed E-state index contributed by atoms with van der Waals surface area (Å²) in [5, 5.41) is 12.3. The minimum Gasteiger partial charge on any atom is -0.490 e. The number of rotatable bonds is 18. The third-order valence-electron chi connectivity index (χ3n) is 5.44. The zero-order valence-electron chi connectivity index (χ0n) is 22.0. The number of nitrogens with one attached hydrogen (secondary N) is 1. The van der Waals surface area contributed by atoms with Crippen molar-refractivity contribution in [2.45, 2.75) is 52.9 Å². The molecular formula is C28H39NO7S. The predicted octanol–water partition coefficient (Wildman–Crippen LogP) is 5.53. The Bertz CT molecular complexity index is 1110. The van der Waals surface area contributed by atoms with Crippen molar-refractivity contribution in [3.8, 4) is 11.5 Å². The number of carbonyl (C=O) groups is 1. The van der Waals surface area contributed by atoms with Gasteiger partial charge in [-0.25, -0.2) is 13.2 Å². The minimum absolute atomic E-state index is 0.0695. The highest BCUT2D eigenvalue weighted by atomic mass is 32.2. The minimum atomic E-state index is -3.11. The molecule has 0 heterocycles. The number of ether oxygens (including phenoxy) is 3. The van der Waals surface area contributed by atoms with E-state index in [0.717, 1.165) is 30.5 Å². The largest absolute Gasteiger partial charge is 0.490 e. The van der Waals surface area contributed by atoms with Gasteiger partial charge < -0.3 is 24.6 Å². The van der Waals surface area contributed by atoms with Crippen LogP contribution in [-0.2, 0) is 25.8 Å². The molecule has 8 nitrogen and oxygen atoms in total. The Balaban J connectivity index is 2.00. The summed E-state index contributed by atoms with van der Waals surface area (Å²) >= 11 is 0. The highest BCUT2D eigenvalue weighted by molar-refractivity contribution is 7.91. The van der Waals surface area contributed by atoms with Gasteiger partial charge in [0.25, 0.3) is 0 Å². The van der Waals surface area contributed by atoms with Crippen molar-refractivity contribution in [1.82, 2.24) is 0 Å². The van der Waals surface area contributed by atoms with Crippen LogP contribution in [0.25, 0.3) is 6.08 Å². The van der Waals surface area contributed by atoms with Crippen molar-refractivity contribution >= 4 is 27.6 Å². The molecule has 0 fully saturated rings. The molecule has 2 aromatic carbocycles. The van der Waals surface area contributed by atoms with Gasteiger partial charge in [-0.1, -0.05) is 44.9 Å². The fraction of sp³-hybridized carbons (Fsp3) is 0.464. The number of sulfone groups is 1. The summed E-state index contributed by atoms with van der Waals surface area (Å²) in [7, 11) is -3.11. The molecule has 9 heteroatoms. The Hall–Kier alpha value is -3.20. The highest BCUT2D eigenvalue weighted by Gasteiger charge is 2.12. The molecule has 2 rings (SSSR count). The number of hydrogen-bond donors (Lipinski definition) is 2. The lowest BCUT2D eigenvalue weighted by atomic mass is 10.1. The van der Waals surface area contributed by atoms with Crippen molar-refractivity contribution in [1.29, 1.82) is 0 Å². The quantitative estimate of drug-likeness (QED) is 0.146. The number of carboxylic acids is 1. The second-order valence-electron chi connectivity index (χ2n) is 8.57. The van der Waals surface area contributed by atoms with E-state index in [9.17, 15) is 18.3 Å². The molecule has 0 saturated carbocycles. The zero-order valence-corrected chi connectivity index (χ0v) is 22.8. The first-order valence-corrected chi connectivity index (χ1v) is 14.6. The van der Waals surface area contributed by atoms with Gasteiger partial charge in [0.15, 0.2) is 21.3 Å². The summed E-state index contributed by atoms with van der Waals surface area (Å²) in [6, 6.07) is 12.9. The van der Waals surface area contributed by atoms with E-state index in [0.29, 0.717) is 43.1 Å². The summed E-state index contributed by atoms with van der Waals surface area (Å²) in [6.45, 7) is 6.98. The maximum atomic E-state index is 12.0. The van der Waals surface area contributed by atoms with E-state index in [-0.39, 0.29) is 24.0 Å². The third kappa shape index (κ3) is 11.2. The van der Waals surface area contributed by atoms with Crippen LogP contribution in [0, 0.1) is 0 Å². The molecule has 0 amide bonds. The Labute approximate surface area is 220 Å². The molecule has 0 aliphatic rings. The Morgan fingerprint density at radius 3 is 2.30 bits per heavy atom. The average molecular weight is 534 g/mol. The van der Waals surface area contributed by atoms with Crippen LogP contribution in [-0.4, -0.2) is 50.9 Å². The summed E-state index contributed by atoms with van der Waals surface area (Å²) in [5.41, 5.74) is 2.45. The Kier molecular flexibility index (Phi) is 12.8. The molecular weight excluding hydrogens is 494 g/mol. The maximum absolute atomic E-state index is 12.0. The average Bonchev–Trinajstić information content (AvgIpc) is 2.88. The lowest BCUT2D eigenvalue weighted by molar-refractivity contribution is -0.136. The topological polar surface area (TPSA) is 111 Å². The molecule has 2 aromatic rings. The van der Waals surface area contributed by atoms with Crippen LogP contribution in [0.3, 0.4) is 0 Å². The van der Waals surface area contributed by atoms with Crippen molar-refractivity contribution in [3.63, 3.8) is 0 Å². The van der Waals surface area contributed by atoms with E-state index in [1.165, 1.54) is 6.08 Å². The summed E-state index contributed by atoms with van der Waals surface area (Å²) in [6.07, 6.45) is 5.51. The van der Waals surface area contributed by atoms with Gasteiger partial charge in [0.1, 0.15) is 5.88 Å². The number of anilines is 1. The second kappa shape index (κ2) is 15.8. The van der Waals surface area contributed by atoms with E-state index < -0.39 is 15.8 Å². The molecule has 0 aromatic heterocycles. The maximum Gasteiger partial charge on any atom is 0.371 e. The van der Waals surface area contributed by atoms with E-state index in [2.05, 4.69) is 12.2 Å². The first kappa shape index (κ1) is 30.0. The summed E-state index contributed by atoms with van der Waals surface area (Å²) in [4.78, 5) is 11.4. The SMILES string of the molecule is CCCCOc1cc(/C=C(\OCC)C(=O)O)ccc1OCCc1ccc(NCS(=O)(=O)CCCC)cc1. The van der Waals surface area contributed by atoms with Crippen molar-refractivity contribution < 1.29 is 32.5 Å². The van der Waals surface area contributed by atoms with Crippen molar-refractivity contribution in [2.75, 3.05) is 36.8 Å². The molecule has 0 spiro atoms. The predicted molar refractivity (Wildman–Crippen MR) is 147 cm³/mol. The van der Waals surface area contributed by atoms with Crippen LogP contribution in [0.4, 0.5) is 5.69 Å². The van der Waals surface area contributed by atoms with Gasteiger partial charge in [-0.2, -0.15) is 0 Å². The number of hydrogen-bond acceptors (Lipinski definition) is 7. The van der Waals surface area contributed by atoms with Gasteiger partial charge in [-0.05, 0) is 61.2 Å². The van der Waals surface area contributed by atoms with Gasteiger partial charge in [0.05, 0.1) is 25.6 Å². The van der Waals surface area contributed by atoms with E-state index in [1.807, 2.05) is 31.2 Å². The number of carboxylic acid groups (broad SMARTS) is 1. The van der Waals surface area contributed by atoms with Gasteiger partial charge in [-0.3, -0.25) is 0 Å². The smallest absolute Gasteiger partial charge is 0.371 e. The van der Waals surface area contributed by atoms with E-state index in [4.69, 9.17) is 14.2 Å². The monoisotopic (exact) mass is 533 g/mol. The molecule has 0 bridgehead atoms. The third-order valence-corrected chi connectivity index (χ3v) is 6.93. The lowest BCUT2D eigenvalue weighted by Gasteiger charge is -2.14. The molecule has 0 unspecified atom stereocenters. The Morgan fingerprint density at radius 2 is 1.65 bits per heavy atom. The number of aliphatic carboxylic acids is 1. The van der Waals surface area contributed by atoms with Gasteiger partial charge in [0, 0.05) is 12.1 Å². The molecule has 2 N–H and O–H groups in total. The lowest BCUT2D eigenvalue weighted by Crippen LogP contribution is -2.17. The van der Waals surface area contributed by atoms with Crippen LogP contribution in [0.15, 0.2) is 48.2 Å². The fourth-order valence-electron chi connectivity index (χ4n) is 3.34. The first-order chi connectivity index (χ1) is 17.8. The van der Waals surface area contributed by atoms with E-state index in [1.54, 1.807) is 25.1 Å². The Morgan fingerprint density at radius 1 is 0.946 bits per heavy atom. The summed E-state index contributed by atoms with van der Waals surface area (Å²) in [5.74, 6) is -0.00731. The molecule has 0 radical (unpaired) electrons. The van der Waals surface area contributed by atoms with E-state index >= 15 is 0 Å². The zero-order chi connectivity index (χ0) is 27.1. The molecule has 0 saturated heterocycles. The molecule has 0 aliphatic carbocycles. The van der Waals surface area contributed by atoms with Gasteiger partial charge in [0.2, 0.25) is 5.76 Å². The molecule has 37 heavy (non-hydrogen) atoms. The highest BCUT2D eigenvalue weighted by Crippen LogP contribution is 2.30. The van der Waals surface area contributed by atoms with Crippen LogP contribution in [0.2, 0.25) is 0 Å². The standard InChI is InChI=1S/C28H39NO7S/c1-4-7-16-35-26-19-23(20-27(28(30)31)34-6-3)11-14-25(26)36-17-15-22-9-12-24(13-10-22)29-21-37(32,33)18-8-5-2/h9-14,19-20,29H,4-8,15-18,21H2,1-3H3,(H,30,31)/b27-20-. The van der Waals surface area contributed by atoms with Crippen molar-refractivity contribution in [3.05, 3.63) is 59.4 Å². The van der Waals surface area contributed by atoms with Crippen LogP contribution in [0.5, 0.6) is 11.5 Å². The van der Waals surface area contributed by atoms with Gasteiger partial charge in [-0.15, -0.1) is 0 Å². The van der Waals surface area contributed by atoms with Gasteiger partial charge >= 0.3 is 5.97 Å². The van der Waals surface area contributed by atoms with Crippen LogP contribution in [0.1, 0.15) is 57.6 Å².